The lowest BCUT2D eigenvalue weighted by molar-refractivity contribution is 0.157. The van der Waals surface area contributed by atoms with Crippen LogP contribution in [-0.4, -0.2) is 44.3 Å². The van der Waals surface area contributed by atoms with E-state index in [1.54, 1.807) is 7.11 Å². The molecule has 0 amide bonds. The Labute approximate surface area is 128 Å². The Kier molecular flexibility index (Phi) is 6.83. The SMILES string of the molecule is COc1ccccc1OCCN(CCCN)C1CCCC1. The predicted molar refractivity (Wildman–Crippen MR) is 86.0 cm³/mol. The molecular formula is C17H28N2O2. The summed E-state index contributed by atoms with van der Waals surface area (Å²) in [6, 6.07) is 8.54. The van der Waals surface area contributed by atoms with Gasteiger partial charge in [-0.3, -0.25) is 4.90 Å². The minimum absolute atomic E-state index is 0.696. The van der Waals surface area contributed by atoms with Crippen molar-refractivity contribution >= 4 is 0 Å². The zero-order chi connectivity index (χ0) is 14.9. The highest BCUT2D eigenvalue weighted by Gasteiger charge is 2.21. The van der Waals surface area contributed by atoms with E-state index in [4.69, 9.17) is 15.2 Å². The van der Waals surface area contributed by atoms with E-state index in [1.165, 1.54) is 25.7 Å². The molecule has 0 aliphatic heterocycles. The van der Waals surface area contributed by atoms with Gasteiger partial charge in [0.2, 0.25) is 0 Å². The molecule has 1 aliphatic carbocycles. The van der Waals surface area contributed by atoms with Crippen LogP contribution in [0.3, 0.4) is 0 Å². The predicted octanol–water partition coefficient (Wildman–Crippen LogP) is 2.67. The molecule has 1 aliphatic rings. The highest BCUT2D eigenvalue weighted by atomic mass is 16.5. The van der Waals surface area contributed by atoms with Gasteiger partial charge in [0.25, 0.3) is 0 Å². The summed E-state index contributed by atoms with van der Waals surface area (Å²) in [5.41, 5.74) is 5.66. The van der Waals surface area contributed by atoms with Crippen LogP contribution in [0, 0.1) is 0 Å². The lowest BCUT2D eigenvalue weighted by Crippen LogP contribution is -2.38. The average Bonchev–Trinajstić information content (AvgIpc) is 3.05. The number of hydrogen-bond donors (Lipinski definition) is 1. The molecule has 4 heteroatoms. The van der Waals surface area contributed by atoms with Crippen molar-refractivity contribution < 1.29 is 9.47 Å². The van der Waals surface area contributed by atoms with Gasteiger partial charge in [-0.25, -0.2) is 0 Å². The number of nitrogens with two attached hydrogens (primary N) is 1. The molecule has 1 aromatic carbocycles. The molecular weight excluding hydrogens is 264 g/mol. The third-order valence-corrected chi connectivity index (χ3v) is 4.20. The zero-order valence-corrected chi connectivity index (χ0v) is 13.1. The third kappa shape index (κ3) is 4.90. The first-order valence-corrected chi connectivity index (χ1v) is 8.05. The lowest BCUT2D eigenvalue weighted by Gasteiger charge is -2.28. The van der Waals surface area contributed by atoms with E-state index in [1.807, 2.05) is 24.3 Å². The maximum atomic E-state index is 5.90. The molecule has 4 nitrogen and oxygen atoms in total. The van der Waals surface area contributed by atoms with Gasteiger partial charge in [-0.1, -0.05) is 25.0 Å². The average molecular weight is 292 g/mol. The first kappa shape index (κ1) is 16.1. The zero-order valence-electron chi connectivity index (χ0n) is 13.1. The second-order valence-corrected chi connectivity index (χ2v) is 5.62. The van der Waals surface area contributed by atoms with Crippen molar-refractivity contribution in [1.29, 1.82) is 0 Å². The fourth-order valence-corrected chi connectivity index (χ4v) is 3.05. The molecule has 0 bridgehead atoms. The summed E-state index contributed by atoms with van der Waals surface area (Å²) in [6.07, 6.45) is 6.41. The molecule has 0 unspecified atom stereocenters. The largest absolute Gasteiger partial charge is 0.493 e. The second-order valence-electron chi connectivity index (χ2n) is 5.62. The van der Waals surface area contributed by atoms with Crippen LogP contribution >= 0.6 is 0 Å². The van der Waals surface area contributed by atoms with Crippen LogP contribution in [0.1, 0.15) is 32.1 Å². The second kappa shape index (κ2) is 8.90. The van der Waals surface area contributed by atoms with Crippen LogP contribution in [-0.2, 0) is 0 Å². The molecule has 1 aromatic rings. The van der Waals surface area contributed by atoms with Gasteiger partial charge in [0.05, 0.1) is 7.11 Å². The van der Waals surface area contributed by atoms with E-state index >= 15 is 0 Å². The van der Waals surface area contributed by atoms with Crippen LogP contribution < -0.4 is 15.2 Å². The Balaban J connectivity index is 1.83. The summed E-state index contributed by atoms with van der Waals surface area (Å²) in [5.74, 6) is 1.62. The number of nitrogens with zero attached hydrogens (tertiary/aromatic N) is 1. The van der Waals surface area contributed by atoms with Crippen molar-refractivity contribution in [2.24, 2.45) is 5.73 Å². The minimum Gasteiger partial charge on any atom is -0.493 e. The number of ether oxygens (including phenoxy) is 2. The number of methoxy groups -OCH3 is 1. The highest BCUT2D eigenvalue weighted by Crippen LogP contribution is 2.26. The van der Waals surface area contributed by atoms with Crippen molar-refractivity contribution in [3.63, 3.8) is 0 Å². The Morgan fingerprint density at radius 3 is 2.52 bits per heavy atom. The van der Waals surface area contributed by atoms with Crippen molar-refractivity contribution in [2.45, 2.75) is 38.1 Å². The monoisotopic (exact) mass is 292 g/mol. The Bertz CT molecular complexity index is 406. The molecule has 0 atom stereocenters. The first-order valence-electron chi connectivity index (χ1n) is 8.05. The van der Waals surface area contributed by atoms with Gasteiger partial charge in [0, 0.05) is 12.6 Å². The molecule has 0 spiro atoms. The van der Waals surface area contributed by atoms with Gasteiger partial charge in [-0.2, -0.15) is 0 Å². The summed E-state index contributed by atoms with van der Waals surface area (Å²) in [5, 5.41) is 0. The molecule has 0 heterocycles. The molecule has 1 saturated carbocycles. The van der Waals surface area contributed by atoms with Crippen LogP contribution in [0.5, 0.6) is 11.5 Å². The molecule has 2 rings (SSSR count). The van der Waals surface area contributed by atoms with Gasteiger partial charge in [0.1, 0.15) is 6.61 Å². The number of rotatable bonds is 9. The Morgan fingerprint density at radius 2 is 1.86 bits per heavy atom. The Morgan fingerprint density at radius 1 is 1.14 bits per heavy atom. The Hall–Kier alpha value is -1.26. The van der Waals surface area contributed by atoms with Gasteiger partial charge >= 0.3 is 0 Å². The molecule has 0 radical (unpaired) electrons. The summed E-state index contributed by atoms with van der Waals surface area (Å²) < 4.78 is 11.2. The normalized spacial score (nSPS) is 15.6. The molecule has 2 N–H and O–H groups in total. The topological polar surface area (TPSA) is 47.7 Å². The summed E-state index contributed by atoms with van der Waals surface area (Å²) >= 11 is 0. The fourth-order valence-electron chi connectivity index (χ4n) is 3.05. The standard InChI is InChI=1S/C17H28N2O2/c1-20-16-9-4-5-10-17(16)21-14-13-19(12-6-11-18)15-7-2-3-8-15/h4-5,9-10,15H,2-3,6-8,11-14,18H2,1H3. The van der Waals surface area contributed by atoms with Crippen molar-refractivity contribution in [2.75, 3.05) is 33.4 Å². The summed E-state index contributed by atoms with van der Waals surface area (Å²) in [4.78, 5) is 2.55. The van der Waals surface area contributed by atoms with Crippen molar-refractivity contribution in [3.8, 4) is 11.5 Å². The minimum atomic E-state index is 0.696. The van der Waals surface area contributed by atoms with Gasteiger partial charge in [-0.15, -0.1) is 0 Å². The van der Waals surface area contributed by atoms with E-state index in [0.717, 1.165) is 43.6 Å². The van der Waals surface area contributed by atoms with E-state index in [-0.39, 0.29) is 0 Å². The van der Waals surface area contributed by atoms with E-state index in [0.29, 0.717) is 6.61 Å². The molecule has 0 saturated heterocycles. The maximum Gasteiger partial charge on any atom is 0.161 e. The van der Waals surface area contributed by atoms with Crippen LogP contribution in [0.15, 0.2) is 24.3 Å². The molecule has 118 valence electrons. The van der Waals surface area contributed by atoms with Gasteiger partial charge in [-0.05, 0) is 44.5 Å². The van der Waals surface area contributed by atoms with E-state index in [2.05, 4.69) is 4.90 Å². The molecule has 1 fully saturated rings. The number of benzene rings is 1. The van der Waals surface area contributed by atoms with E-state index in [9.17, 15) is 0 Å². The smallest absolute Gasteiger partial charge is 0.161 e. The van der Waals surface area contributed by atoms with E-state index < -0.39 is 0 Å². The maximum absolute atomic E-state index is 5.90. The van der Waals surface area contributed by atoms with Crippen LogP contribution in [0.2, 0.25) is 0 Å². The quantitative estimate of drug-likeness (QED) is 0.760. The summed E-state index contributed by atoms with van der Waals surface area (Å²) in [6.45, 7) is 3.50. The molecule has 21 heavy (non-hydrogen) atoms. The van der Waals surface area contributed by atoms with Crippen LogP contribution in [0.25, 0.3) is 0 Å². The molecule has 0 aromatic heterocycles. The van der Waals surface area contributed by atoms with Gasteiger partial charge < -0.3 is 15.2 Å². The van der Waals surface area contributed by atoms with Gasteiger partial charge in [0.15, 0.2) is 11.5 Å². The number of para-hydroxylation sites is 2. The fraction of sp³-hybridized carbons (Fsp3) is 0.647. The first-order chi connectivity index (χ1) is 10.3. The van der Waals surface area contributed by atoms with Crippen LogP contribution in [0.4, 0.5) is 0 Å². The summed E-state index contributed by atoms with van der Waals surface area (Å²) in [7, 11) is 1.67. The van der Waals surface area contributed by atoms with Crippen molar-refractivity contribution in [3.05, 3.63) is 24.3 Å². The highest BCUT2D eigenvalue weighted by molar-refractivity contribution is 5.39. The third-order valence-electron chi connectivity index (χ3n) is 4.20. The van der Waals surface area contributed by atoms with Crippen molar-refractivity contribution in [1.82, 2.24) is 4.90 Å². The lowest BCUT2D eigenvalue weighted by atomic mass is 10.2. The number of hydrogen-bond acceptors (Lipinski definition) is 4.